The van der Waals surface area contributed by atoms with Gasteiger partial charge in [0.1, 0.15) is 0 Å². The van der Waals surface area contributed by atoms with Crippen LogP contribution in [0.4, 0.5) is 0 Å². The Morgan fingerprint density at radius 3 is 2.70 bits per heavy atom. The normalized spacial score (nSPS) is 19.8. The molecule has 1 aromatic carbocycles. The number of rotatable bonds is 6. The van der Waals surface area contributed by atoms with Gasteiger partial charge in [0.15, 0.2) is 5.96 Å². The van der Waals surface area contributed by atoms with E-state index >= 15 is 0 Å². The fourth-order valence-corrected chi connectivity index (χ4v) is 3.50. The first-order valence-electron chi connectivity index (χ1n) is 7.88. The van der Waals surface area contributed by atoms with Crippen LogP contribution in [0.3, 0.4) is 0 Å². The smallest absolute Gasteiger partial charge is 0.190 e. The van der Waals surface area contributed by atoms with Crippen molar-refractivity contribution in [2.24, 2.45) is 10.9 Å². The molecule has 1 aliphatic rings. The molecule has 0 bridgehead atoms. The number of halogens is 1. The van der Waals surface area contributed by atoms with E-state index in [-0.39, 0.29) is 24.0 Å². The maximum atomic E-state index is 4.30. The minimum Gasteiger partial charge on any atom is -0.356 e. The van der Waals surface area contributed by atoms with Gasteiger partial charge >= 0.3 is 0 Å². The Bertz CT molecular complexity index is 598. The molecule has 3 nitrogen and oxygen atoms in total. The molecule has 2 unspecified atom stereocenters. The van der Waals surface area contributed by atoms with Gasteiger partial charge in [-0.1, -0.05) is 36.4 Å². The molecule has 0 saturated heterocycles. The molecule has 2 aromatic rings. The third kappa shape index (κ3) is 5.49. The van der Waals surface area contributed by atoms with Crippen LogP contribution in [0.25, 0.3) is 0 Å². The average Bonchev–Trinajstić information content (AvgIpc) is 3.16. The molecular weight excluding hydrogens is 417 g/mol. The standard InChI is InChI=1S/C18H23N3S.HI/c1-19-18(20-10-9-16-8-5-11-22-16)21-13-15-12-17(15)14-6-3-2-4-7-14;/h2-8,11,15,17H,9-10,12-13H2,1H3,(H2,19,20,21);1H. The molecule has 2 atom stereocenters. The molecule has 5 heteroatoms. The lowest BCUT2D eigenvalue weighted by Crippen LogP contribution is -2.39. The highest BCUT2D eigenvalue weighted by Crippen LogP contribution is 2.46. The van der Waals surface area contributed by atoms with E-state index < -0.39 is 0 Å². The van der Waals surface area contributed by atoms with E-state index in [1.807, 2.05) is 18.4 Å². The van der Waals surface area contributed by atoms with Crippen molar-refractivity contribution in [3.8, 4) is 0 Å². The van der Waals surface area contributed by atoms with Gasteiger partial charge < -0.3 is 10.6 Å². The van der Waals surface area contributed by atoms with Gasteiger partial charge in [-0.2, -0.15) is 0 Å². The number of nitrogens with one attached hydrogen (secondary N) is 2. The van der Waals surface area contributed by atoms with Crippen molar-refractivity contribution in [1.29, 1.82) is 0 Å². The zero-order valence-corrected chi connectivity index (χ0v) is 16.5. The summed E-state index contributed by atoms with van der Waals surface area (Å²) < 4.78 is 0. The van der Waals surface area contributed by atoms with E-state index in [4.69, 9.17) is 0 Å². The fourth-order valence-electron chi connectivity index (χ4n) is 2.79. The second-order valence-electron chi connectivity index (χ2n) is 5.72. The maximum Gasteiger partial charge on any atom is 0.190 e. The molecule has 23 heavy (non-hydrogen) atoms. The van der Waals surface area contributed by atoms with Gasteiger partial charge in [-0.3, -0.25) is 4.99 Å². The average molecular weight is 441 g/mol. The number of hydrogen-bond acceptors (Lipinski definition) is 2. The van der Waals surface area contributed by atoms with E-state index in [2.05, 4.69) is 63.5 Å². The highest BCUT2D eigenvalue weighted by atomic mass is 127. The van der Waals surface area contributed by atoms with Crippen molar-refractivity contribution in [3.05, 3.63) is 58.3 Å². The third-order valence-electron chi connectivity index (χ3n) is 4.15. The summed E-state index contributed by atoms with van der Waals surface area (Å²) in [5, 5.41) is 8.97. The van der Waals surface area contributed by atoms with Crippen LogP contribution in [0.1, 0.15) is 22.8 Å². The molecular formula is C18H24IN3S. The minimum atomic E-state index is 0. The Hall–Kier alpha value is -1.08. The Morgan fingerprint density at radius 2 is 2.00 bits per heavy atom. The molecule has 1 aromatic heterocycles. The second-order valence-corrected chi connectivity index (χ2v) is 6.75. The summed E-state index contributed by atoms with van der Waals surface area (Å²) in [7, 11) is 1.84. The van der Waals surface area contributed by atoms with E-state index in [9.17, 15) is 0 Å². The van der Waals surface area contributed by atoms with Gasteiger partial charge in [-0.25, -0.2) is 0 Å². The molecule has 1 fully saturated rings. The monoisotopic (exact) mass is 441 g/mol. The number of guanidine groups is 1. The van der Waals surface area contributed by atoms with E-state index in [0.717, 1.165) is 37.3 Å². The van der Waals surface area contributed by atoms with Crippen LogP contribution in [0.5, 0.6) is 0 Å². The zero-order chi connectivity index (χ0) is 15.2. The van der Waals surface area contributed by atoms with Crippen molar-refractivity contribution in [1.82, 2.24) is 10.6 Å². The summed E-state index contributed by atoms with van der Waals surface area (Å²) in [6, 6.07) is 15.1. The van der Waals surface area contributed by atoms with Crippen molar-refractivity contribution in [2.45, 2.75) is 18.8 Å². The van der Waals surface area contributed by atoms with Crippen LogP contribution in [0, 0.1) is 5.92 Å². The summed E-state index contributed by atoms with van der Waals surface area (Å²) >= 11 is 1.81. The van der Waals surface area contributed by atoms with Crippen molar-refractivity contribution >= 4 is 41.3 Å². The number of nitrogens with zero attached hydrogens (tertiary/aromatic N) is 1. The number of thiophene rings is 1. The van der Waals surface area contributed by atoms with Crippen molar-refractivity contribution < 1.29 is 0 Å². The zero-order valence-electron chi connectivity index (χ0n) is 13.4. The molecule has 0 spiro atoms. The predicted octanol–water partition coefficient (Wildman–Crippen LogP) is 3.88. The molecule has 124 valence electrons. The minimum absolute atomic E-state index is 0. The summed E-state index contributed by atoms with van der Waals surface area (Å²) in [5.41, 5.74) is 1.47. The van der Waals surface area contributed by atoms with Gasteiger partial charge in [-0.15, -0.1) is 35.3 Å². The summed E-state index contributed by atoms with van der Waals surface area (Å²) in [4.78, 5) is 5.71. The number of benzene rings is 1. The van der Waals surface area contributed by atoms with Crippen LogP contribution in [0.15, 0.2) is 52.8 Å². The van der Waals surface area contributed by atoms with E-state index in [1.165, 1.54) is 16.9 Å². The Balaban J connectivity index is 0.00000192. The molecule has 0 amide bonds. The lowest BCUT2D eigenvalue weighted by atomic mass is 10.1. The number of aliphatic imine (C=N–C) groups is 1. The SMILES string of the molecule is CN=C(NCCc1cccs1)NCC1CC1c1ccccc1.I. The Kier molecular flexibility index (Phi) is 7.36. The summed E-state index contributed by atoms with van der Waals surface area (Å²) in [5.74, 6) is 2.37. The molecule has 1 aliphatic carbocycles. The first kappa shape index (κ1) is 18.3. The summed E-state index contributed by atoms with van der Waals surface area (Å²) in [6.07, 6.45) is 2.33. The van der Waals surface area contributed by atoms with E-state index in [0.29, 0.717) is 0 Å². The topological polar surface area (TPSA) is 36.4 Å². The molecule has 2 N–H and O–H groups in total. The maximum absolute atomic E-state index is 4.30. The van der Waals surface area contributed by atoms with Crippen molar-refractivity contribution in [2.75, 3.05) is 20.1 Å². The highest BCUT2D eigenvalue weighted by molar-refractivity contribution is 14.0. The molecule has 1 heterocycles. The van der Waals surface area contributed by atoms with Crippen LogP contribution in [0.2, 0.25) is 0 Å². The molecule has 0 radical (unpaired) electrons. The first-order chi connectivity index (χ1) is 10.9. The molecule has 3 rings (SSSR count). The largest absolute Gasteiger partial charge is 0.356 e. The van der Waals surface area contributed by atoms with E-state index in [1.54, 1.807) is 0 Å². The fraction of sp³-hybridized carbons (Fsp3) is 0.389. The molecule has 0 aliphatic heterocycles. The Labute approximate surface area is 159 Å². The van der Waals surface area contributed by atoms with Crippen LogP contribution >= 0.6 is 35.3 Å². The van der Waals surface area contributed by atoms with Gasteiger partial charge in [0.2, 0.25) is 0 Å². The predicted molar refractivity (Wildman–Crippen MR) is 110 cm³/mol. The quantitative estimate of drug-likeness (QED) is 0.406. The van der Waals surface area contributed by atoms with Crippen molar-refractivity contribution in [3.63, 3.8) is 0 Å². The Morgan fingerprint density at radius 1 is 1.17 bits per heavy atom. The lowest BCUT2D eigenvalue weighted by molar-refractivity contribution is 0.718. The lowest BCUT2D eigenvalue weighted by Gasteiger charge is -2.11. The van der Waals surface area contributed by atoms with Crippen LogP contribution in [-0.4, -0.2) is 26.1 Å². The van der Waals surface area contributed by atoms with Crippen LogP contribution < -0.4 is 10.6 Å². The number of hydrogen-bond donors (Lipinski definition) is 2. The third-order valence-corrected chi connectivity index (χ3v) is 5.09. The van der Waals surface area contributed by atoms with Gasteiger partial charge in [0.25, 0.3) is 0 Å². The van der Waals surface area contributed by atoms with Gasteiger partial charge in [-0.05, 0) is 41.7 Å². The second kappa shape index (κ2) is 9.27. The first-order valence-corrected chi connectivity index (χ1v) is 8.76. The van der Waals surface area contributed by atoms with Gasteiger partial charge in [0.05, 0.1) is 0 Å². The van der Waals surface area contributed by atoms with Gasteiger partial charge in [0, 0.05) is 25.0 Å². The molecule has 1 saturated carbocycles. The summed E-state index contributed by atoms with van der Waals surface area (Å²) in [6.45, 7) is 1.92. The van der Waals surface area contributed by atoms with Crippen LogP contribution in [-0.2, 0) is 6.42 Å². The highest BCUT2D eigenvalue weighted by Gasteiger charge is 2.37.